The Morgan fingerprint density at radius 3 is 2.33 bits per heavy atom. The number of rotatable bonds is 5. The molecule has 0 aromatic heterocycles. The molecule has 1 rings (SSSR count). The van der Waals surface area contributed by atoms with Crippen LogP contribution in [0.4, 0.5) is 0 Å². The Balaban J connectivity index is 2.27. The lowest BCUT2D eigenvalue weighted by atomic mass is 9.80. The van der Waals surface area contributed by atoms with Crippen LogP contribution in [0.3, 0.4) is 0 Å². The minimum absolute atomic E-state index is 0.248. The SMILES string of the molecule is CC1CCCCC1CNCCS(=O)(=O)C(C)(C)C. The minimum atomic E-state index is -2.98. The molecule has 1 aliphatic carbocycles. The lowest BCUT2D eigenvalue weighted by molar-refractivity contribution is 0.249. The summed E-state index contributed by atoms with van der Waals surface area (Å²) in [6.45, 7) is 9.18. The minimum Gasteiger partial charge on any atom is -0.315 e. The van der Waals surface area contributed by atoms with Crippen molar-refractivity contribution in [1.82, 2.24) is 5.32 Å². The summed E-state index contributed by atoms with van der Waals surface area (Å²) in [5, 5.41) is 3.33. The molecule has 1 fully saturated rings. The maximum Gasteiger partial charge on any atom is 0.156 e. The smallest absolute Gasteiger partial charge is 0.156 e. The molecule has 0 heterocycles. The number of hydrogen-bond donors (Lipinski definition) is 1. The third kappa shape index (κ3) is 4.54. The third-order valence-corrected chi connectivity index (χ3v) is 6.78. The van der Waals surface area contributed by atoms with Gasteiger partial charge >= 0.3 is 0 Å². The van der Waals surface area contributed by atoms with E-state index in [9.17, 15) is 8.42 Å². The predicted molar refractivity (Wildman–Crippen MR) is 77.5 cm³/mol. The lowest BCUT2D eigenvalue weighted by Gasteiger charge is -2.29. The first kappa shape index (κ1) is 16.0. The van der Waals surface area contributed by atoms with Gasteiger partial charge in [-0.15, -0.1) is 0 Å². The van der Waals surface area contributed by atoms with E-state index in [2.05, 4.69) is 12.2 Å². The van der Waals surface area contributed by atoms with E-state index < -0.39 is 14.6 Å². The van der Waals surface area contributed by atoms with Crippen LogP contribution in [0.15, 0.2) is 0 Å². The van der Waals surface area contributed by atoms with Crippen molar-refractivity contribution in [2.45, 2.75) is 58.1 Å². The predicted octanol–water partition coefficient (Wildman–Crippen LogP) is 2.62. The zero-order valence-corrected chi connectivity index (χ0v) is 13.1. The summed E-state index contributed by atoms with van der Waals surface area (Å²) >= 11 is 0. The highest BCUT2D eigenvalue weighted by molar-refractivity contribution is 7.92. The van der Waals surface area contributed by atoms with Gasteiger partial charge in [-0.2, -0.15) is 0 Å². The molecule has 1 saturated carbocycles. The summed E-state index contributed by atoms with van der Waals surface area (Å²) in [6.07, 6.45) is 5.31. The van der Waals surface area contributed by atoms with Crippen molar-refractivity contribution in [3.8, 4) is 0 Å². The summed E-state index contributed by atoms with van der Waals surface area (Å²) in [7, 11) is -2.98. The van der Waals surface area contributed by atoms with Crippen molar-refractivity contribution >= 4 is 9.84 Å². The topological polar surface area (TPSA) is 46.2 Å². The van der Waals surface area contributed by atoms with Crippen LogP contribution in [0.1, 0.15) is 53.4 Å². The molecular weight excluding hydrogens is 246 g/mol. The molecule has 1 N–H and O–H groups in total. The molecule has 2 unspecified atom stereocenters. The largest absolute Gasteiger partial charge is 0.315 e. The third-order valence-electron chi connectivity index (χ3n) is 4.18. The van der Waals surface area contributed by atoms with Crippen LogP contribution in [0, 0.1) is 11.8 Å². The second-order valence-corrected chi connectivity index (χ2v) is 9.52. The Labute approximate surface area is 113 Å². The first-order valence-electron chi connectivity index (χ1n) is 7.17. The first-order valence-corrected chi connectivity index (χ1v) is 8.82. The van der Waals surface area contributed by atoms with Crippen LogP contribution in [0.2, 0.25) is 0 Å². The average molecular weight is 275 g/mol. The highest BCUT2D eigenvalue weighted by atomic mass is 32.2. The van der Waals surface area contributed by atoms with Gasteiger partial charge < -0.3 is 5.32 Å². The number of hydrogen-bond acceptors (Lipinski definition) is 3. The quantitative estimate of drug-likeness (QED) is 0.785. The van der Waals surface area contributed by atoms with Crippen LogP contribution < -0.4 is 5.32 Å². The van der Waals surface area contributed by atoms with Gasteiger partial charge in [-0.25, -0.2) is 8.42 Å². The van der Waals surface area contributed by atoms with E-state index in [-0.39, 0.29) is 5.75 Å². The maximum atomic E-state index is 11.9. The van der Waals surface area contributed by atoms with Crippen LogP contribution in [0.25, 0.3) is 0 Å². The van der Waals surface area contributed by atoms with E-state index in [1.54, 1.807) is 20.8 Å². The van der Waals surface area contributed by atoms with E-state index in [1.807, 2.05) is 0 Å². The van der Waals surface area contributed by atoms with Gasteiger partial charge in [-0.05, 0) is 45.6 Å². The first-order chi connectivity index (χ1) is 8.24. The van der Waals surface area contributed by atoms with Gasteiger partial charge in [-0.1, -0.05) is 26.2 Å². The summed E-state index contributed by atoms with van der Waals surface area (Å²) in [6, 6.07) is 0. The Bertz CT molecular complexity index is 343. The van der Waals surface area contributed by atoms with Crippen LogP contribution in [-0.4, -0.2) is 32.0 Å². The number of nitrogens with one attached hydrogen (secondary N) is 1. The van der Waals surface area contributed by atoms with Gasteiger partial charge in [-0.3, -0.25) is 0 Å². The average Bonchev–Trinajstić information content (AvgIpc) is 2.25. The molecule has 0 aromatic rings. The van der Waals surface area contributed by atoms with Gasteiger partial charge in [0.15, 0.2) is 9.84 Å². The van der Waals surface area contributed by atoms with Crippen molar-refractivity contribution < 1.29 is 8.42 Å². The summed E-state index contributed by atoms with van der Waals surface area (Å²) < 4.78 is 23.2. The van der Waals surface area contributed by atoms with E-state index in [0.717, 1.165) is 18.4 Å². The zero-order chi connectivity index (χ0) is 13.8. The van der Waals surface area contributed by atoms with Crippen molar-refractivity contribution in [1.29, 1.82) is 0 Å². The van der Waals surface area contributed by atoms with Crippen LogP contribution in [0.5, 0.6) is 0 Å². The van der Waals surface area contributed by atoms with E-state index in [4.69, 9.17) is 0 Å². The normalized spacial score (nSPS) is 26.2. The Morgan fingerprint density at radius 2 is 1.78 bits per heavy atom. The summed E-state index contributed by atoms with van der Waals surface area (Å²) in [4.78, 5) is 0. The molecule has 4 heteroatoms. The van der Waals surface area contributed by atoms with Gasteiger partial charge in [0, 0.05) is 6.54 Å². The van der Waals surface area contributed by atoms with Crippen molar-refractivity contribution in [3.05, 3.63) is 0 Å². The summed E-state index contributed by atoms with van der Waals surface area (Å²) in [5.41, 5.74) is 0. The Kier molecular flexibility index (Phi) is 5.66. The molecule has 1 aliphatic rings. The highest BCUT2D eigenvalue weighted by Crippen LogP contribution is 2.28. The fourth-order valence-corrected chi connectivity index (χ4v) is 3.52. The molecule has 2 atom stereocenters. The second kappa shape index (κ2) is 6.38. The van der Waals surface area contributed by atoms with E-state index in [1.165, 1.54) is 25.7 Å². The maximum absolute atomic E-state index is 11.9. The van der Waals surface area contributed by atoms with Crippen molar-refractivity contribution in [2.75, 3.05) is 18.8 Å². The highest BCUT2D eigenvalue weighted by Gasteiger charge is 2.28. The van der Waals surface area contributed by atoms with Crippen molar-refractivity contribution in [3.63, 3.8) is 0 Å². The fraction of sp³-hybridized carbons (Fsp3) is 1.00. The van der Waals surface area contributed by atoms with Crippen LogP contribution >= 0.6 is 0 Å². The molecule has 108 valence electrons. The molecule has 0 aliphatic heterocycles. The van der Waals surface area contributed by atoms with Gasteiger partial charge in [0.1, 0.15) is 0 Å². The monoisotopic (exact) mass is 275 g/mol. The second-order valence-electron chi connectivity index (χ2n) is 6.66. The van der Waals surface area contributed by atoms with Crippen molar-refractivity contribution in [2.24, 2.45) is 11.8 Å². The molecule has 0 radical (unpaired) electrons. The molecule has 18 heavy (non-hydrogen) atoms. The van der Waals surface area contributed by atoms with Crippen LogP contribution in [-0.2, 0) is 9.84 Å². The lowest BCUT2D eigenvalue weighted by Crippen LogP contribution is -2.37. The summed E-state index contributed by atoms with van der Waals surface area (Å²) in [5.74, 6) is 1.76. The Hall–Kier alpha value is -0.0900. The molecule has 0 saturated heterocycles. The molecule has 0 bridgehead atoms. The molecule has 0 spiro atoms. The number of sulfone groups is 1. The van der Waals surface area contributed by atoms with Gasteiger partial charge in [0.05, 0.1) is 10.5 Å². The standard InChI is InChI=1S/C14H29NO2S/c1-12-7-5-6-8-13(12)11-15-9-10-18(16,17)14(2,3)4/h12-13,15H,5-11H2,1-4H3. The Morgan fingerprint density at radius 1 is 1.17 bits per heavy atom. The zero-order valence-electron chi connectivity index (χ0n) is 12.3. The van der Waals surface area contributed by atoms with E-state index in [0.29, 0.717) is 6.54 Å². The molecular formula is C14H29NO2S. The molecule has 0 aromatic carbocycles. The fourth-order valence-electron chi connectivity index (χ4n) is 2.50. The van der Waals surface area contributed by atoms with Gasteiger partial charge in [0.2, 0.25) is 0 Å². The van der Waals surface area contributed by atoms with E-state index >= 15 is 0 Å². The molecule has 3 nitrogen and oxygen atoms in total. The van der Waals surface area contributed by atoms with Gasteiger partial charge in [0.25, 0.3) is 0 Å². The molecule has 0 amide bonds.